The van der Waals surface area contributed by atoms with Crippen molar-refractivity contribution < 1.29 is 8.42 Å². The summed E-state index contributed by atoms with van der Waals surface area (Å²) in [6, 6.07) is 0.624. The van der Waals surface area contributed by atoms with Gasteiger partial charge in [-0.15, -0.1) is 0 Å². The Kier molecular flexibility index (Phi) is 4.64. The van der Waals surface area contributed by atoms with Crippen molar-refractivity contribution in [2.75, 3.05) is 46.0 Å². The lowest BCUT2D eigenvalue weighted by Gasteiger charge is -2.34. The van der Waals surface area contributed by atoms with Gasteiger partial charge in [0.25, 0.3) is 0 Å². The van der Waals surface area contributed by atoms with Crippen molar-refractivity contribution in [3.8, 4) is 0 Å². The number of nitrogens with zero attached hydrogens (tertiary/aromatic N) is 2. The van der Waals surface area contributed by atoms with Crippen LogP contribution in [0.5, 0.6) is 0 Å². The van der Waals surface area contributed by atoms with E-state index in [1.807, 2.05) is 0 Å². The molecule has 0 amide bonds. The molecule has 2 heterocycles. The first-order chi connectivity index (χ1) is 8.47. The van der Waals surface area contributed by atoms with Gasteiger partial charge in [-0.1, -0.05) is 0 Å². The molecule has 2 atom stereocenters. The average Bonchev–Trinajstić information content (AvgIpc) is 2.81. The molecule has 1 N–H and O–H groups in total. The van der Waals surface area contributed by atoms with Crippen LogP contribution in [0.3, 0.4) is 0 Å². The minimum absolute atomic E-state index is 0.485. The molecule has 0 saturated carbocycles. The van der Waals surface area contributed by atoms with Gasteiger partial charge in [-0.2, -0.15) is 0 Å². The fourth-order valence-electron chi connectivity index (χ4n) is 3.05. The molecule has 6 heteroatoms. The topological polar surface area (TPSA) is 52.7 Å². The molecule has 0 aromatic rings. The van der Waals surface area contributed by atoms with Crippen molar-refractivity contribution in [1.82, 2.24) is 14.5 Å². The maximum Gasteiger partial charge on any atom is 0.211 e. The summed E-state index contributed by atoms with van der Waals surface area (Å²) in [6.07, 6.45) is 4.67. The molecule has 106 valence electrons. The summed E-state index contributed by atoms with van der Waals surface area (Å²) in [6.45, 7) is 4.58. The molecule has 2 rings (SSSR count). The van der Waals surface area contributed by atoms with Crippen molar-refractivity contribution in [1.29, 1.82) is 0 Å². The molecule has 0 aromatic carbocycles. The molecule has 18 heavy (non-hydrogen) atoms. The van der Waals surface area contributed by atoms with E-state index < -0.39 is 10.0 Å². The molecule has 0 aliphatic carbocycles. The van der Waals surface area contributed by atoms with Gasteiger partial charge in [0.1, 0.15) is 0 Å². The maximum atomic E-state index is 11.6. The summed E-state index contributed by atoms with van der Waals surface area (Å²) >= 11 is 0. The first kappa shape index (κ1) is 14.2. The van der Waals surface area contributed by atoms with Gasteiger partial charge in [-0.05, 0) is 38.8 Å². The van der Waals surface area contributed by atoms with E-state index in [0.717, 1.165) is 32.5 Å². The number of rotatable bonds is 4. The zero-order valence-corrected chi connectivity index (χ0v) is 12.2. The van der Waals surface area contributed by atoms with E-state index in [9.17, 15) is 8.42 Å². The minimum Gasteiger partial charge on any atom is -0.315 e. The Morgan fingerprint density at radius 1 is 1.39 bits per heavy atom. The van der Waals surface area contributed by atoms with E-state index in [2.05, 4.69) is 17.3 Å². The highest BCUT2D eigenvalue weighted by atomic mass is 32.2. The zero-order valence-electron chi connectivity index (χ0n) is 11.4. The van der Waals surface area contributed by atoms with Gasteiger partial charge in [0.15, 0.2) is 0 Å². The molecule has 0 bridgehead atoms. The van der Waals surface area contributed by atoms with Crippen LogP contribution in [0.25, 0.3) is 0 Å². The smallest absolute Gasteiger partial charge is 0.211 e. The molecular weight excluding hydrogens is 250 g/mol. The zero-order chi connectivity index (χ0) is 13.2. The largest absolute Gasteiger partial charge is 0.315 e. The van der Waals surface area contributed by atoms with Crippen LogP contribution in [0.2, 0.25) is 0 Å². The summed E-state index contributed by atoms with van der Waals surface area (Å²) in [5.74, 6) is 0.485. The van der Waals surface area contributed by atoms with E-state index in [1.54, 1.807) is 4.31 Å². The lowest BCUT2D eigenvalue weighted by Crippen LogP contribution is -2.45. The molecule has 5 nitrogen and oxygen atoms in total. The SMILES string of the molecule is CN(CC1CCCN(S(C)(=O)=O)C1)C1CCNC1. The van der Waals surface area contributed by atoms with Gasteiger partial charge < -0.3 is 10.2 Å². The van der Waals surface area contributed by atoms with Crippen LogP contribution in [0.15, 0.2) is 0 Å². The average molecular weight is 275 g/mol. The van der Waals surface area contributed by atoms with Crippen molar-refractivity contribution in [2.45, 2.75) is 25.3 Å². The fourth-order valence-corrected chi connectivity index (χ4v) is 3.99. The predicted molar refractivity (Wildman–Crippen MR) is 73.0 cm³/mol. The monoisotopic (exact) mass is 275 g/mol. The summed E-state index contributed by atoms with van der Waals surface area (Å²) in [5.41, 5.74) is 0. The summed E-state index contributed by atoms with van der Waals surface area (Å²) in [5, 5.41) is 3.38. The first-order valence-electron chi connectivity index (χ1n) is 6.83. The number of hydrogen-bond donors (Lipinski definition) is 1. The summed E-state index contributed by atoms with van der Waals surface area (Å²) in [7, 11) is -0.847. The third kappa shape index (κ3) is 3.66. The van der Waals surface area contributed by atoms with Gasteiger partial charge in [0.2, 0.25) is 10.0 Å². The quantitative estimate of drug-likeness (QED) is 0.782. The van der Waals surface area contributed by atoms with Gasteiger partial charge >= 0.3 is 0 Å². The molecule has 2 aliphatic rings. The highest BCUT2D eigenvalue weighted by molar-refractivity contribution is 7.88. The van der Waals surface area contributed by atoms with Gasteiger partial charge in [-0.25, -0.2) is 12.7 Å². The van der Waals surface area contributed by atoms with Crippen LogP contribution in [-0.4, -0.2) is 69.7 Å². The van der Waals surface area contributed by atoms with Crippen LogP contribution in [0.4, 0.5) is 0 Å². The second-order valence-electron chi connectivity index (χ2n) is 5.72. The second-order valence-corrected chi connectivity index (χ2v) is 7.70. The molecule has 2 unspecified atom stereocenters. The molecular formula is C12H25N3O2S. The number of likely N-dealkylation sites (N-methyl/N-ethyl adjacent to an activating group) is 1. The highest BCUT2D eigenvalue weighted by Gasteiger charge is 2.28. The van der Waals surface area contributed by atoms with E-state index in [4.69, 9.17) is 0 Å². The van der Waals surface area contributed by atoms with E-state index in [1.165, 1.54) is 12.7 Å². The van der Waals surface area contributed by atoms with Crippen LogP contribution in [0.1, 0.15) is 19.3 Å². The molecule has 0 spiro atoms. The van der Waals surface area contributed by atoms with Crippen molar-refractivity contribution in [2.24, 2.45) is 5.92 Å². The van der Waals surface area contributed by atoms with E-state index >= 15 is 0 Å². The van der Waals surface area contributed by atoms with Crippen molar-refractivity contribution in [3.63, 3.8) is 0 Å². The number of hydrogen-bond acceptors (Lipinski definition) is 4. The Bertz CT molecular complexity index is 366. The van der Waals surface area contributed by atoms with Crippen molar-refractivity contribution >= 4 is 10.0 Å². The highest BCUT2D eigenvalue weighted by Crippen LogP contribution is 2.20. The van der Waals surface area contributed by atoms with Crippen LogP contribution >= 0.6 is 0 Å². The lowest BCUT2D eigenvalue weighted by atomic mass is 9.98. The third-order valence-electron chi connectivity index (χ3n) is 4.15. The Morgan fingerprint density at radius 3 is 2.78 bits per heavy atom. The van der Waals surface area contributed by atoms with Gasteiger partial charge in [0.05, 0.1) is 6.26 Å². The molecule has 2 fully saturated rings. The Labute approximate surface area is 111 Å². The predicted octanol–water partition coefficient (Wildman–Crippen LogP) is -0.0483. The van der Waals surface area contributed by atoms with Crippen LogP contribution in [0, 0.1) is 5.92 Å². The second kappa shape index (κ2) is 5.86. The Hall–Kier alpha value is -0.170. The molecule has 0 aromatic heterocycles. The first-order valence-corrected chi connectivity index (χ1v) is 8.67. The normalized spacial score (nSPS) is 31.1. The summed E-state index contributed by atoms with van der Waals surface area (Å²) in [4.78, 5) is 2.40. The minimum atomic E-state index is -3.01. The number of sulfonamides is 1. The van der Waals surface area contributed by atoms with Gasteiger partial charge in [-0.3, -0.25) is 0 Å². The molecule has 0 radical (unpaired) electrons. The maximum absolute atomic E-state index is 11.6. The molecule has 2 aliphatic heterocycles. The summed E-state index contributed by atoms with van der Waals surface area (Å²) < 4.78 is 24.8. The lowest BCUT2D eigenvalue weighted by molar-refractivity contribution is 0.171. The molecule has 2 saturated heterocycles. The fraction of sp³-hybridized carbons (Fsp3) is 1.00. The number of nitrogens with one attached hydrogen (secondary N) is 1. The third-order valence-corrected chi connectivity index (χ3v) is 5.42. The van der Waals surface area contributed by atoms with E-state index in [0.29, 0.717) is 25.0 Å². The number of piperidine rings is 1. The van der Waals surface area contributed by atoms with Gasteiger partial charge in [0, 0.05) is 32.2 Å². The Morgan fingerprint density at radius 2 is 2.17 bits per heavy atom. The van der Waals surface area contributed by atoms with Crippen LogP contribution < -0.4 is 5.32 Å². The standard InChI is InChI=1S/C12H25N3O2S/c1-14(12-5-6-13-8-12)9-11-4-3-7-15(10-11)18(2,16)17/h11-13H,3-10H2,1-2H3. The van der Waals surface area contributed by atoms with E-state index in [-0.39, 0.29) is 0 Å². The van der Waals surface area contributed by atoms with Crippen LogP contribution in [-0.2, 0) is 10.0 Å². The Balaban J connectivity index is 1.85. The van der Waals surface area contributed by atoms with Crippen molar-refractivity contribution in [3.05, 3.63) is 0 Å².